The Labute approximate surface area is 126 Å². The lowest BCUT2D eigenvalue weighted by Gasteiger charge is -2.03. The molecule has 0 aliphatic heterocycles. The number of hydrogen-bond donors (Lipinski definition) is 2. The molecule has 0 aromatic heterocycles. The molecule has 0 amide bonds. The molecular weight excluding hydrogens is 284 g/mol. The van der Waals surface area contributed by atoms with E-state index in [1.165, 1.54) is 24.3 Å². The van der Waals surface area contributed by atoms with E-state index in [9.17, 15) is 9.59 Å². The van der Waals surface area contributed by atoms with Gasteiger partial charge < -0.3 is 10.2 Å². The molecule has 2 aromatic carbocycles. The summed E-state index contributed by atoms with van der Waals surface area (Å²) in [6.45, 7) is 3.58. The number of benzene rings is 2. The van der Waals surface area contributed by atoms with Crippen molar-refractivity contribution in [3.63, 3.8) is 0 Å². The summed E-state index contributed by atoms with van der Waals surface area (Å²) in [5.74, 6) is -2.08. The quantitative estimate of drug-likeness (QED) is 0.829. The number of aromatic carboxylic acids is 2. The van der Waals surface area contributed by atoms with Crippen molar-refractivity contribution in [3.05, 3.63) is 58.7 Å². The number of rotatable bonds is 4. The molecule has 0 aliphatic carbocycles. The Morgan fingerprint density at radius 1 is 0.773 bits per heavy atom. The van der Waals surface area contributed by atoms with Crippen LogP contribution in [0, 0.1) is 13.8 Å². The van der Waals surface area contributed by atoms with E-state index in [1.807, 2.05) is 0 Å². The highest BCUT2D eigenvalue weighted by molar-refractivity contribution is 5.89. The van der Waals surface area contributed by atoms with Gasteiger partial charge in [0.2, 0.25) is 0 Å². The van der Waals surface area contributed by atoms with Gasteiger partial charge in [0.15, 0.2) is 0 Å². The van der Waals surface area contributed by atoms with Crippen LogP contribution in [0.15, 0.2) is 46.6 Å². The van der Waals surface area contributed by atoms with E-state index in [1.54, 1.807) is 26.0 Å². The molecule has 0 atom stereocenters. The second-order valence-corrected chi connectivity index (χ2v) is 4.81. The van der Waals surface area contributed by atoms with Gasteiger partial charge in [-0.1, -0.05) is 12.1 Å². The zero-order valence-electron chi connectivity index (χ0n) is 12.1. The summed E-state index contributed by atoms with van der Waals surface area (Å²) in [6.07, 6.45) is 0. The predicted molar refractivity (Wildman–Crippen MR) is 80.5 cm³/mol. The second kappa shape index (κ2) is 6.17. The normalized spacial score (nSPS) is 10.8. The van der Waals surface area contributed by atoms with Gasteiger partial charge in [-0.15, -0.1) is 0 Å². The molecule has 0 unspecified atom stereocenters. The Morgan fingerprint density at radius 2 is 1.14 bits per heavy atom. The lowest BCUT2D eigenvalue weighted by Crippen LogP contribution is -1.96. The molecule has 6 heteroatoms. The SMILES string of the molecule is Cc1ccc(C(=O)O)cc1N=Nc1cc(C(=O)O)ccc1C. The summed E-state index contributed by atoms with van der Waals surface area (Å²) in [7, 11) is 0. The van der Waals surface area contributed by atoms with Crippen LogP contribution in [0.25, 0.3) is 0 Å². The molecule has 0 spiro atoms. The molecule has 0 saturated carbocycles. The summed E-state index contributed by atoms with van der Waals surface area (Å²) >= 11 is 0. The first-order valence-corrected chi connectivity index (χ1v) is 6.48. The van der Waals surface area contributed by atoms with Gasteiger partial charge >= 0.3 is 11.9 Å². The topological polar surface area (TPSA) is 99.3 Å². The molecule has 2 rings (SSSR count). The molecule has 22 heavy (non-hydrogen) atoms. The Balaban J connectivity index is 2.40. The Bertz CT molecular complexity index is 716. The zero-order valence-corrected chi connectivity index (χ0v) is 12.1. The molecule has 0 radical (unpaired) electrons. The van der Waals surface area contributed by atoms with Crippen LogP contribution >= 0.6 is 0 Å². The van der Waals surface area contributed by atoms with E-state index in [0.29, 0.717) is 11.4 Å². The Morgan fingerprint density at radius 3 is 1.45 bits per heavy atom. The van der Waals surface area contributed by atoms with E-state index < -0.39 is 11.9 Å². The van der Waals surface area contributed by atoms with E-state index >= 15 is 0 Å². The smallest absolute Gasteiger partial charge is 0.335 e. The van der Waals surface area contributed by atoms with Crippen LogP contribution in [0.5, 0.6) is 0 Å². The standard InChI is InChI=1S/C16H14N2O4/c1-9-3-5-11(15(19)20)7-13(9)17-18-14-8-12(16(21)22)6-4-10(14)2/h3-8H,1-2H3,(H,19,20)(H,21,22). The monoisotopic (exact) mass is 298 g/mol. The Hall–Kier alpha value is -3.02. The molecule has 112 valence electrons. The fourth-order valence-electron chi connectivity index (χ4n) is 1.81. The average Bonchev–Trinajstić information content (AvgIpc) is 2.47. The maximum Gasteiger partial charge on any atom is 0.335 e. The molecule has 0 aliphatic rings. The number of aryl methyl sites for hydroxylation is 2. The summed E-state index contributed by atoms with van der Waals surface area (Å²) < 4.78 is 0. The summed E-state index contributed by atoms with van der Waals surface area (Å²) in [6, 6.07) is 9.14. The second-order valence-electron chi connectivity index (χ2n) is 4.81. The van der Waals surface area contributed by atoms with Gasteiger partial charge in [0.1, 0.15) is 0 Å². The molecule has 0 heterocycles. The minimum atomic E-state index is -1.04. The highest BCUT2D eigenvalue weighted by Crippen LogP contribution is 2.26. The number of carboxylic acid groups (broad SMARTS) is 2. The maximum absolute atomic E-state index is 11.0. The minimum absolute atomic E-state index is 0.121. The fourth-order valence-corrected chi connectivity index (χ4v) is 1.81. The van der Waals surface area contributed by atoms with Crippen LogP contribution < -0.4 is 0 Å². The van der Waals surface area contributed by atoms with Gasteiger partial charge in [-0.05, 0) is 49.2 Å². The van der Waals surface area contributed by atoms with Crippen LogP contribution in [0.4, 0.5) is 11.4 Å². The van der Waals surface area contributed by atoms with Crippen LogP contribution in [0.1, 0.15) is 31.8 Å². The van der Waals surface area contributed by atoms with Crippen LogP contribution in [0.3, 0.4) is 0 Å². The minimum Gasteiger partial charge on any atom is -0.478 e. The third-order valence-corrected chi connectivity index (χ3v) is 3.18. The first-order valence-electron chi connectivity index (χ1n) is 6.48. The zero-order chi connectivity index (χ0) is 16.3. The van der Waals surface area contributed by atoms with Gasteiger partial charge in [-0.25, -0.2) is 9.59 Å². The van der Waals surface area contributed by atoms with Crippen molar-refractivity contribution in [2.24, 2.45) is 10.2 Å². The van der Waals surface area contributed by atoms with Crippen LogP contribution in [0.2, 0.25) is 0 Å². The highest BCUT2D eigenvalue weighted by Gasteiger charge is 2.08. The lowest BCUT2D eigenvalue weighted by atomic mass is 10.1. The number of hydrogen-bond acceptors (Lipinski definition) is 4. The number of azo groups is 1. The summed E-state index contributed by atoms with van der Waals surface area (Å²) in [4.78, 5) is 21.9. The van der Waals surface area contributed by atoms with Crippen molar-refractivity contribution < 1.29 is 19.8 Å². The van der Waals surface area contributed by atoms with Gasteiger partial charge in [-0.2, -0.15) is 10.2 Å². The first-order chi connectivity index (χ1) is 10.4. The molecule has 6 nitrogen and oxygen atoms in total. The van der Waals surface area contributed by atoms with Crippen molar-refractivity contribution in [2.75, 3.05) is 0 Å². The largest absolute Gasteiger partial charge is 0.478 e. The third-order valence-electron chi connectivity index (χ3n) is 3.18. The van der Waals surface area contributed by atoms with Gasteiger partial charge in [0, 0.05) is 0 Å². The molecule has 2 aromatic rings. The third kappa shape index (κ3) is 3.35. The van der Waals surface area contributed by atoms with Crippen molar-refractivity contribution in [1.82, 2.24) is 0 Å². The van der Waals surface area contributed by atoms with Crippen molar-refractivity contribution in [1.29, 1.82) is 0 Å². The van der Waals surface area contributed by atoms with Crippen molar-refractivity contribution in [3.8, 4) is 0 Å². The number of carboxylic acids is 2. The van der Waals surface area contributed by atoms with E-state index in [0.717, 1.165) is 11.1 Å². The van der Waals surface area contributed by atoms with Crippen LogP contribution in [-0.4, -0.2) is 22.2 Å². The maximum atomic E-state index is 11.0. The van der Waals surface area contributed by atoms with Crippen molar-refractivity contribution in [2.45, 2.75) is 13.8 Å². The lowest BCUT2D eigenvalue weighted by molar-refractivity contribution is 0.0686. The number of nitrogens with zero attached hydrogens (tertiary/aromatic N) is 2. The van der Waals surface area contributed by atoms with E-state index in [2.05, 4.69) is 10.2 Å². The van der Waals surface area contributed by atoms with Crippen LogP contribution in [-0.2, 0) is 0 Å². The van der Waals surface area contributed by atoms with E-state index in [-0.39, 0.29) is 11.1 Å². The molecule has 0 saturated heterocycles. The summed E-state index contributed by atoms with van der Waals surface area (Å²) in [5.41, 5.74) is 2.66. The molecule has 0 fully saturated rings. The highest BCUT2D eigenvalue weighted by atomic mass is 16.4. The predicted octanol–water partition coefficient (Wildman–Crippen LogP) is 4.12. The Kier molecular flexibility index (Phi) is 4.31. The summed E-state index contributed by atoms with van der Waals surface area (Å²) in [5, 5.41) is 26.1. The molecule has 2 N–H and O–H groups in total. The first kappa shape index (κ1) is 15.4. The van der Waals surface area contributed by atoms with Gasteiger partial charge in [0.05, 0.1) is 22.5 Å². The molecule has 0 bridgehead atoms. The van der Waals surface area contributed by atoms with Gasteiger partial charge in [-0.3, -0.25) is 0 Å². The average molecular weight is 298 g/mol. The van der Waals surface area contributed by atoms with Crippen molar-refractivity contribution >= 4 is 23.3 Å². The molecular formula is C16H14N2O4. The number of carbonyl (C=O) groups is 2. The van der Waals surface area contributed by atoms with Gasteiger partial charge in [0.25, 0.3) is 0 Å². The van der Waals surface area contributed by atoms with E-state index in [4.69, 9.17) is 10.2 Å². The fraction of sp³-hybridized carbons (Fsp3) is 0.125.